The van der Waals surface area contributed by atoms with Crippen molar-refractivity contribution in [3.8, 4) is 0 Å². The Bertz CT molecular complexity index is 1370. The van der Waals surface area contributed by atoms with Crippen LogP contribution in [0.25, 0.3) is 0 Å². The zero-order valence-electron chi connectivity index (χ0n) is 19.9. The summed E-state index contributed by atoms with van der Waals surface area (Å²) in [6.45, 7) is 1.71. The largest absolute Gasteiger partial charge is 0.314 e. The van der Waals surface area contributed by atoms with Crippen molar-refractivity contribution in [1.82, 2.24) is 13.9 Å². The van der Waals surface area contributed by atoms with Crippen LogP contribution in [0, 0.1) is 0 Å². The van der Waals surface area contributed by atoms with E-state index in [0.717, 1.165) is 0 Å². The number of nitrogens with one attached hydrogen (secondary N) is 1. The number of hydrogen-bond acceptors (Lipinski definition) is 7. The molecule has 37 heavy (non-hydrogen) atoms. The standard InChI is InChI=1S/C18H23N3O4S2.C6H6O3S/c22-26(23,17-7-3-1-4-8-17)20-13-11-19-12-14-21(16-15-20)27(24,25)18-9-5-2-6-10-18;7-10(8,9)6-4-2-1-3-5-6/h1-10,19H,11-16H2;1-5H,(H,7,8,9). The summed E-state index contributed by atoms with van der Waals surface area (Å²) in [6.07, 6.45) is 0. The lowest BCUT2D eigenvalue weighted by molar-refractivity contribution is 0.365. The summed E-state index contributed by atoms with van der Waals surface area (Å²) in [5, 5.41) is 3.12. The van der Waals surface area contributed by atoms with Crippen LogP contribution in [0.5, 0.6) is 0 Å². The maximum atomic E-state index is 12.9. The van der Waals surface area contributed by atoms with Gasteiger partial charge in [-0.05, 0) is 36.4 Å². The van der Waals surface area contributed by atoms with Gasteiger partial charge in [0, 0.05) is 39.3 Å². The lowest BCUT2D eigenvalue weighted by atomic mass is 10.4. The number of hydrogen-bond donors (Lipinski definition) is 2. The highest BCUT2D eigenvalue weighted by Gasteiger charge is 2.29. The predicted octanol–water partition coefficient (Wildman–Crippen LogP) is 1.90. The van der Waals surface area contributed by atoms with Crippen LogP contribution in [0.15, 0.2) is 106 Å². The molecule has 0 spiro atoms. The van der Waals surface area contributed by atoms with Crippen molar-refractivity contribution in [2.75, 3.05) is 39.3 Å². The molecule has 1 heterocycles. The number of benzene rings is 3. The Morgan fingerprint density at radius 3 is 1.14 bits per heavy atom. The molecule has 1 aliphatic rings. The molecule has 0 bridgehead atoms. The first-order valence-electron chi connectivity index (χ1n) is 11.4. The molecule has 1 saturated heterocycles. The zero-order chi connectivity index (χ0) is 26.9. The molecule has 0 amide bonds. The minimum atomic E-state index is -4.00. The molecule has 0 radical (unpaired) electrons. The Morgan fingerprint density at radius 2 is 0.838 bits per heavy atom. The van der Waals surface area contributed by atoms with Gasteiger partial charge in [0.25, 0.3) is 10.1 Å². The number of nitrogens with zero attached hydrogens (tertiary/aromatic N) is 2. The summed E-state index contributed by atoms with van der Waals surface area (Å²) in [5.74, 6) is 0. The molecule has 2 N–H and O–H groups in total. The van der Waals surface area contributed by atoms with Gasteiger partial charge in [0.1, 0.15) is 0 Å². The predicted molar refractivity (Wildman–Crippen MR) is 140 cm³/mol. The Hall–Kier alpha value is -2.65. The molecular formula is C24H29N3O7S3. The summed E-state index contributed by atoms with van der Waals surface area (Å²) in [6, 6.07) is 23.8. The van der Waals surface area contributed by atoms with Crippen molar-refractivity contribution in [3.05, 3.63) is 91.0 Å². The summed E-state index contributed by atoms with van der Waals surface area (Å²) < 4.78 is 83.6. The minimum Gasteiger partial charge on any atom is -0.314 e. The first kappa shape index (κ1) is 28.9. The van der Waals surface area contributed by atoms with E-state index in [2.05, 4.69) is 5.32 Å². The van der Waals surface area contributed by atoms with E-state index in [1.165, 1.54) is 20.7 Å². The molecule has 0 saturated carbocycles. The van der Waals surface area contributed by atoms with Gasteiger partial charge in [-0.1, -0.05) is 54.6 Å². The second-order valence-electron chi connectivity index (χ2n) is 7.97. The van der Waals surface area contributed by atoms with Crippen molar-refractivity contribution in [1.29, 1.82) is 0 Å². The van der Waals surface area contributed by atoms with E-state index < -0.39 is 30.2 Å². The minimum absolute atomic E-state index is 0.0741. The summed E-state index contributed by atoms with van der Waals surface area (Å²) in [7, 11) is -11.4. The van der Waals surface area contributed by atoms with Gasteiger partial charge in [0.2, 0.25) is 20.0 Å². The van der Waals surface area contributed by atoms with E-state index in [-0.39, 0.29) is 40.9 Å². The molecule has 10 nitrogen and oxygen atoms in total. The molecule has 1 fully saturated rings. The average Bonchev–Trinajstić information content (AvgIpc) is 3.03. The molecule has 3 aromatic carbocycles. The fourth-order valence-electron chi connectivity index (χ4n) is 3.54. The highest BCUT2D eigenvalue weighted by molar-refractivity contribution is 7.89. The second-order valence-corrected chi connectivity index (χ2v) is 13.3. The average molecular weight is 568 g/mol. The molecule has 3 aromatic rings. The molecule has 200 valence electrons. The fourth-order valence-corrected chi connectivity index (χ4v) is 6.94. The van der Waals surface area contributed by atoms with Crippen LogP contribution in [-0.4, -0.2) is 77.7 Å². The van der Waals surface area contributed by atoms with E-state index in [1.54, 1.807) is 78.9 Å². The van der Waals surface area contributed by atoms with E-state index >= 15 is 0 Å². The Kier molecular flexibility index (Phi) is 9.95. The normalized spacial score (nSPS) is 16.5. The number of sulfonamides is 2. The summed E-state index contributed by atoms with van der Waals surface area (Å²) in [4.78, 5) is 0.346. The molecule has 0 aliphatic carbocycles. The molecule has 1 aliphatic heterocycles. The van der Waals surface area contributed by atoms with Crippen molar-refractivity contribution in [2.24, 2.45) is 0 Å². The Morgan fingerprint density at radius 1 is 0.514 bits per heavy atom. The SMILES string of the molecule is O=S(=O)(O)c1ccccc1.O=S(=O)(c1ccccc1)N1CCNCCN(S(=O)(=O)c2ccccc2)CC1. The van der Waals surface area contributed by atoms with Crippen LogP contribution in [0.3, 0.4) is 0 Å². The van der Waals surface area contributed by atoms with Gasteiger partial charge in [-0.2, -0.15) is 17.0 Å². The van der Waals surface area contributed by atoms with Crippen LogP contribution in [-0.2, 0) is 30.2 Å². The first-order valence-corrected chi connectivity index (χ1v) is 15.7. The third kappa shape index (κ3) is 7.92. The highest BCUT2D eigenvalue weighted by Crippen LogP contribution is 2.18. The Labute approximate surface area is 218 Å². The Balaban J connectivity index is 0.000000319. The van der Waals surface area contributed by atoms with Gasteiger partial charge >= 0.3 is 0 Å². The third-order valence-electron chi connectivity index (χ3n) is 5.48. The monoisotopic (exact) mass is 567 g/mol. The van der Waals surface area contributed by atoms with E-state index in [0.29, 0.717) is 13.1 Å². The molecular weight excluding hydrogens is 538 g/mol. The lowest BCUT2D eigenvalue weighted by Crippen LogP contribution is -2.41. The van der Waals surface area contributed by atoms with E-state index in [1.807, 2.05) is 0 Å². The van der Waals surface area contributed by atoms with Crippen LogP contribution in [0.2, 0.25) is 0 Å². The number of rotatable bonds is 5. The van der Waals surface area contributed by atoms with Crippen LogP contribution in [0.4, 0.5) is 0 Å². The molecule has 13 heteroatoms. The van der Waals surface area contributed by atoms with Gasteiger partial charge in [0.15, 0.2) is 0 Å². The zero-order valence-corrected chi connectivity index (χ0v) is 22.4. The maximum absolute atomic E-state index is 12.9. The quantitative estimate of drug-likeness (QED) is 0.446. The van der Waals surface area contributed by atoms with Crippen molar-refractivity contribution < 1.29 is 29.8 Å². The highest BCUT2D eigenvalue weighted by atomic mass is 32.2. The van der Waals surface area contributed by atoms with Gasteiger partial charge in [-0.15, -0.1) is 0 Å². The van der Waals surface area contributed by atoms with E-state index in [4.69, 9.17) is 4.55 Å². The molecule has 0 atom stereocenters. The van der Waals surface area contributed by atoms with Crippen LogP contribution < -0.4 is 5.32 Å². The van der Waals surface area contributed by atoms with Gasteiger partial charge < -0.3 is 5.32 Å². The van der Waals surface area contributed by atoms with Gasteiger partial charge in [0.05, 0.1) is 14.7 Å². The third-order valence-corrected chi connectivity index (χ3v) is 10.2. The first-order chi connectivity index (χ1) is 17.5. The molecule has 4 rings (SSSR count). The van der Waals surface area contributed by atoms with Gasteiger partial charge in [-0.3, -0.25) is 4.55 Å². The van der Waals surface area contributed by atoms with Crippen LogP contribution in [0.1, 0.15) is 0 Å². The topological polar surface area (TPSA) is 141 Å². The molecule has 0 aromatic heterocycles. The van der Waals surface area contributed by atoms with E-state index in [9.17, 15) is 25.3 Å². The summed E-state index contributed by atoms with van der Waals surface area (Å²) in [5.41, 5.74) is 0. The van der Waals surface area contributed by atoms with Crippen molar-refractivity contribution in [3.63, 3.8) is 0 Å². The van der Waals surface area contributed by atoms with Gasteiger partial charge in [-0.25, -0.2) is 16.8 Å². The molecule has 0 unspecified atom stereocenters. The van der Waals surface area contributed by atoms with Crippen molar-refractivity contribution in [2.45, 2.75) is 14.7 Å². The second kappa shape index (κ2) is 12.7. The lowest BCUT2D eigenvalue weighted by Gasteiger charge is -2.25. The van der Waals surface area contributed by atoms with Crippen LogP contribution >= 0.6 is 0 Å². The fraction of sp³-hybridized carbons (Fsp3) is 0.250. The maximum Gasteiger partial charge on any atom is 0.294 e. The van der Waals surface area contributed by atoms with Crippen molar-refractivity contribution >= 4 is 30.2 Å². The smallest absolute Gasteiger partial charge is 0.294 e. The summed E-state index contributed by atoms with van der Waals surface area (Å²) >= 11 is 0.